The van der Waals surface area contributed by atoms with Gasteiger partial charge in [0.2, 0.25) is 17.7 Å². The second-order valence-corrected chi connectivity index (χ2v) is 7.87. The number of allylic oxidation sites excluding steroid dienone is 1. The summed E-state index contributed by atoms with van der Waals surface area (Å²) < 4.78 is 41.1. The Morgan fingerprint density at radius 2 is 1.97 bits per heavy atom. The Labute approximate surface area is 190 Å². The van der Waals surface area contributed by atoms with Gasteiger partial charge in [0.1, 0.15) is 11.8 Å². The van der Waals surface area contributed by atoms with Gasteiger partial charge < -0.3 is 10.1 Å². The van der Waals surface area contributed by atoms with Crippen molar-refractivity contribution in [3.8, 4) is 5.75 Å². The standard InChI is InChI=1S/C22H18F3N3O6/c23-22(24,25)34-13-5-1-3-11(9-13)18(30)26-10-12-4-2-6-14-17(12)21(33)28(20(14)32)15-7-8-16(29)27-19(15)31/h1-5,9,14-15H,6-8,10H2,(H,26,30)(H,27,29,31). The number of rotatable bonds is 5. The van der Waals surface area contributed by atoms with Gasteiger partial charge in [0.25, 0.3) is 11.8 Å². The third-order valence-electron chi connectivity index (χ3n) is 5.66. The van der Waals surface area contributed by atoms with E-state index < -0.39 is 53.6 Å². The molecule has 2 atom stereocenters. The lowest BCUT2D eigenvalue weighted by Gasteiger charge is -2.27. The molecule has 2 N–H and O–H groups in total. The van der Waals surface area contributed by atoms with E-state index in [0.29, 0.717) is 5.57 Å². The van der Waals surface area contributed by atoms with Crippen molar-refractivity contribution in [1.29, 1.82) is 0 Å². The maximum absolute atomic E-state index is 13.1. The first-order chi connectivity index (χ1) is 16.0. The number of likely N-dealkylation sites (tertiary alicyclic amines) is 1. The van der Waals surface area contributed by atoms with Gasteiger partial charge in [0, 0.05) is 24.1 Å². The Hall–Kier alpha value is -3.96. The molecule has 4 rings (SSSR count). The van der Waals surface area contributed by atoms with E-state index >= 15 is 0 Å². The Balaban J connectivity index is 1.51. The van der Waals surface area contributed by atoms with Crippen LogP contribution in [0.3, 0.4) is 0 Å². The van der Waals surface area contributed by atoms with Crippen LogP contribution in [0.5, 0.6) is 5.75 Å². The van der Waals surface area contributed by atoms with Crippen molar-refractivity contribution in [2.24, 2.45) is 5.92 Å². The minimum absolute atomic E-state index is 0.00450. The van der Waals surface area contributed by atoms with Crippen molar-refractivity contribution < 1.29 is 41.9 Å². The fraction of sp³-hybridized carbons (Fsp3) is 0.318. The molecule has 2 saturated heterocycles. The number of piperidine rings is 1. The summed E-state index contributed by atoms with van der Waals surface area (Å²) in [7, 11) is 0. The van der Waals surface area contributed by atoms with Crippen LogP contribution in [0.1, 0.15) is 29.6 Å². The molecule has 12 heteroatoms. The van der Waals surface area contributed by atoms with Crippen LogP contribution in [-0.2, 0) is 19.2 Å². The van der Waals surface area contributed by atoms with Gasteiger partial charge in [0.05, 0.1) is 5.92 Å². The number of carbonyl (C=O) groups excluding carboxylic acids is 5. The highest BCUT2D eigenvalue weighted by Gasteiger charge is 2.50. The highest BCUT2D eigenvalue weighted by molar-refractivity contribution is 6.18. The van der Waals surface area contributed by atoms with Gasteiger partial charge >= 0.3 is 6.36 Å². The summed E-state index contributed by atoms with van der Waals surface area (Å²) in [4.78, 5) is 63.0. The molecule has 178 valence electrons. The molecule has 1 aromatic rings. The molecule has 2 fully saturated rings. The molecular formula is C22H18F3N3O6. The second-order valence-electron chi connectivity index (χ2n) is 7.87. The minimum atomic E-state index is -4.91. The van der Waals surface area contributed by atoms with Crippen molar-refractivity contribution in [2.75, 3.05) is 6.54 Å². The third-order valence-corrected chi connectivity index (χ3v) is 5.66. The summed E-state index contributed by atoms with van der Waals surface area (Å²) in [6, 6.07) is 3.41. The topological polar surface area (TPSA) is 122 Å². The van der Waals surface area contributed by atoms with Gasteiger partial charge in [0.15, 0.2) is 0 Å². The molecule has 2 aliphatic heterocycles. The maximum Gasteiger partial charge on any atom is 0.573 e. The van der Waals surface area contributed by atoms with Crippen LogP contribution in [0.25, 0.3) is 0 Å². The number of imide groups is 2. The van der Waals surface area contributed by atoms with Gasteiger partial charge in [-0.25, -0.2) is 0 Å². The number of halogens is 3. The molecule has 34 heavy (non-hydrogen) atoms. The summed E-state index contributed by atoms with van der Waals surface area (Å²) in [5.74, 6) is -4.52. The Morgan fingerprint density at radius 3 is 2.68 bits per heavy atom. The maximum atomic E-state index is 13.1. The fourth-order valence-electron chi connectivity index (χ4n) is 4.18. The van der Waals surface area contributed by atoms with Gasteiger partial charge in [-0.1, -0.05) is 18.2 Å². The zero-order valence-electron chi connectivity index (χ0n) is 17.5. The quantitative estimate of drug-likeness (QED) is 0.618. The Morgan fingerprint density at radius 1 is 1.21 bits per heavy atom. The van der Waals surface area contributed by atoms with E-state index in [1.807, 2.05) is 0 Å². The molecule has 0 aromatic heterocycles. The van der Waals surface area contributed by atoms with E-state index in [2.05, 4.69) is 15.4 Å². The first-order valence-electron chi connectivity index (χ1n) is 10.3. The second kappa shape index (κ2) is 8.76. The zero-order chi connectivity index (χ0) is 24.6. The van der Waals surface area contributed by atoms with Crippen LogP contribution in [0.2, 0.25) is 0 Å². The summed E-state index contributed by atoms with van der Waals surface area (Å²) in [5.41, 5.74) is 0.398. The monoisotopic (exact) mass is 477 g/mol. The zero-order valence-corrected chi connectivity index (χ0v) is 17.5. The van der Waals surface area contributed by atoms with Crippen LogP contribution < -0.4 is 15.4 Å². The van der Waals surface area contributed by atoms with E-state index in [1.54, 1.807) is 12.2 Å². The van der Waals surface area contributed by atoms with Crippen LogP contribution in [0, 0.1) is 5.92 Å². The number of hydrogen-bond acceptors (Lipinski definition) is 6. The average Bonchev–Trinajstić information content (AvgIpc) is 3.02. The number of amides is 5. The van der Waals surface area contributed by atoms with E-state index in [4.69, 9.17) is 0 Å². The molecule has 1 aromatic carbocycles. The van der Waals surface area contributed by atoms with Gasteiger partial charge in [-0.2, -0.15) is 0 Å². The lowest BCUT2D eigenvalue weighted by atomic mass is 9.88. The van der Waals surface area contributed by atoms with Crippen molar-refractivity contribution in [1.82, 2.24) is 15.5 Å². The SMILES string of the molecule is O=C1CCC(N2C(=O)C3=C(CNC(=O)c4cccc(OC(F)(F)F)c4)C=CCC3C2=O)C(=O)N1. The smallest absolute Gasteiger partial charge is 0.406 e. The summed E-state index contributed by atoms with van der Waals surface area (Å²) >= 11 is 0. The highest BCUT2D eigenvalue weighted by Crippen LogP contribution is 2.36. The van der Waals surface area contributed by atoms with Crippen LogP contribution in [0.15, 0.2) is 47.6 Å². The first kappa shape index (κ1) is 23.2. The molecule has 0 spiro atoms. The molecule has 2 heterocycles. The fourth-order valence-corrected chi connectivity index (χ4v) is 4.18. The molecule has 0 saturated carbocycles. The normalized spacial score (nSPS) is 22.6. The number of alkyl halides is 3. The highest BCUT2D eigenvalue weighted by atomic mass is 19.4. The molecule has 0 radical (unpaired) electrons. The average molecular weight is 477 g/mol. The number of carbonyl (C=O) groups is 5. The van der Waals surface area contributed by atoms with Gasteiger partial charge in [-0.3, -0.25) is 34.2 Å². The van der Waals surface area contributed by atoms with E-state index in [9.17, 15) is 37.1 Å². The molecule has 9 nitrogen and oxygen atoms in total. The van der Waals surface area contributed by atoms with Crippen molar-refractivity contribution >= 4 is 29.5 Å². The first-order valence-corrected chi connectivity index (χ1v) is 10.3. The minimum Gasteiger partial charge on any atom is -0.406 e. The van der Waals surface area contributed by atoms with Crippen LogP contribution >= 0.6 is 0 Å². The predicted molar refractivity (Wildman–Crippen MR) is 108 cm³/mol. The number of hydrogen-bond donors (Lipinski definition) is 2. The van der Waals surface area contributed by atoms with E-state index in [1.165, 1.54) is 12.1 Å². The lowest BCUT2D eigenvalue weighted by molar-refractivity contribution is -0.274. The van der Waals surface area contributed by atoms with Crippen molar-refractivity contribution in [2.45, 2.75) is 31.7 Å². The third kappa shape index (κ3) is 4.56. The van der Waals surface area contributed by atoms with E-state index in [-0.39, 0.29) is 36.9 Å². The Kier molecular flexibility index (Phi) is 5.98. The predicted octanol–water partition coefficient (Wildman–Crippen LogP) is 1.36. The molecular weight excluding hydrogens is 459 g/mol. The Bertz CT molecular complexity index is 1160. The number of benzene rings is 1. The summed E-state index contributed by atoms with van der Waals surface area (Å²) in [6.07, 6.45) is -1.42. The number of ether oxygens (including phenoxy) is 1. The van der Waals surface area contributed by atoms with Gasteiger partial charge in [-0.05, 0) is 36.6 Å². The number of fused-ring (bicyclic) bond motifs is 1. The summed E-state index contributed by atoms with van der Waals surface area (Å²) in [5, 5.41) is 4.65. The lowest BCUT2D eigenvalue weighted by Crippen LogP contribution is -2.54. The van der Waals surface area contributed by atoms with E-state index in [0.717, 1.165) is 17.0 Å². The number of nitrogens with zero attached hydrogens (tertiary/aromatic N) is 1. The number of nitrogens with one attached hydrogen (secondary N) is 2. The van der Waals surface area contributed by atoms with Crippen LogP contribution in [-0.4, -0.2) is 53.4 Å². The van der Waals surface area contributed by atoms with Crippen molar-refractivity contribution in [3.05, 3.63) is 53.1 Å². The summed E-state index contributed by atoms with van der Waals surface area (Å²) in [6.45, 7) is -0.173. The largest absolute Gasteiger partial charge is 0.573 e. The van der Waals surface area contributed by atoms with Crippen molar-refractivity contribution in [3.63, 3.8) is 0 Å². The van der Waals surface area contributed by atoms with Crippen LogP contribution in [0.4, 0.5) is 13.2 Å². The molecule has 0 bridgehead atoms. The molecule has 2 unspecified atom stereocenters. The van der Waals surface area contributed by atoms with Gasteiger partial charge in [-0.15, -0.1) is 13.2 Å². The molecule has 5 amide bonds. The molecule has 1 aliphatic carbocycles. The molecule has 3 aliphatic rings.